The Morgan fingerprint density at radius 3 is 2.32 bits per heavy atom. The zero-order chi connectivity index (χ0) is 41.9. The molecule has 0 bridgehead atoms. The second-order valence-electron chi connectivity index (χ2n) is 15.6. The Labute approximate surface area is 335 Å². The molecule has 0 saturated carbocycles. The lowest BCUT2D eigenvalue weighted by atomic mass is 9.86. The highest BCUT2D eigenvalue weighted by Gasteiger charge is 2.41. The summed E-state index contributed by atoms with van der Waals surface area (Å²) >= 11 is 0. The highest BCUT2D eigenvalue weighted by Crippen LogP contribution is 2.24. The van der Waals surface area contributed by atoms with Crippen LogP contribution in [-0.2, 0) is 33.8 Å². The van der Waals surface area contributed by atoms with Crippen LogP contribution in [0.4, 0.5) is 14.0 Å². The number of hydrogen-bond donors (Lipinski definition) is 4. The van der Waals surface area contributed by atoms with Crippen LogP contribution in [0.25, 0.3) is 0 Å². The Kier molecular flexibility index (Phi) is 15.8. The van der Waals surface area contributed by atoms with Gasteiger partial charge < -0.3 is 35.0 Å². The number of pyridine rings is 1. The SMILES string of the molecule is CCC(C)C(C(=O)NC(Cc1ccccc1)C(O)CN(Cc1ccc(OC)c(F)c1)NC(=O)C(NC(=O)OC)C(C)(C)C)N1CCN(Cc2cccc(C)n2)C1=O. The monoisotopic (exact) mass is 791 g/mol. The molecule has 1 saturated heterocycles. The number of halogens is 1. The van der Waals surface area contributed by atoms with Crippen LogP contribution in [0.5, 0.6) is 5.75 Å². The van der Waals surface area contributed by atoms with Crippen LogP contribution in [0.15, 0.2) is 66.7 Å². The molecule has 0 radical (unpaired) electrons. The molecule has 1 aliphatic heterocycles. The number of aryl methyl sites for hydroxylation is 1. The average Bonchev–Trinajstić information content (AvgIpc) is 3.51. The predicted molar refractivity (Wildman–Crippen MR) is 213 cm³/mol. The Morgan fingerprint density at radius 2 is 1.70 bits per heavy atom. The Hall–Kier alpha value is -5.28. The van der Waals surface area contributed by atoms with Gasteiger partial charge in [0.25, 0.3) is 5.91 Å². The minimum atomic E-state index is -1.30. The van der Waals surface area contributed by atoms with Crippen LogP contribution in [0.3, 0.4) is 0 Å². The third-order valence-electron chi connectivity index (χ3n) is 10.1. The smallest absolute Gasteiger partial charge is 0.407 e. The highest BCUT2D eigenvalue weighted by atomic mass is 19.1. The molecule has 0 aliphatic carbocycles. The maximum absolute atomic E-state index is 14.9. The number of benzene rings is 2. The normalized spacial score (nSPS) is 15.7. The van der Waals surface area contributed by atoms with Gasteiger partial charge in [0.2, 0.25) is 5.91 Å². The van der Waals surface area contributed by atoms with Crippen LogP contribution in [0.1, 0.15) is 63.6 Å². The standard InChI is InChI=1S/C42H58FN7O7/c1-9-27(2)36(50-21-20-48(41(50)55)25-31-17-13-14-28(3)44-31)38(52)45-33(23-29-15-11-10-12-16-29)34(51)26-49(24-30-18-19-35(56-7)32(43)22-30)47-39(53)37(42(4,5)6)46-40(54)57-8/h10-19,22,27,33-34,36-37,51H,9,20-21,23-26H2,1-8H3,(H,45,52)(H,46,54)(H,47,53). The summed E-state index contributed by atoms with van der Waals surface area (Å²) in [5, 5.41) is 19.1. The summed E-state index contributed by atoms with van der Waals surface area (Å²) in [5.41, 5.74) is 4.94. The van der Waals surface area contributed by atoms with Gasteiger partial charge in [0.15, 0.2) is 11.6 Å². The number of urea groups is 1. The van der Waals surface area contributed by atoms with E-state index in [-0.39, 0.29) is 37.2 Å². The van der Waals surface area contributed by atoms with E-state index in [2.05, 4.69) is 21.0 Å². The van der Waals surface area contributed by atoms with Crippen LogP contribution in [0.2, 0.25) is 0 Å². The number of aliphatic hydroxyl groups is 1. The first-order chi connectivity index (χ1) is 27.0. The quantitative estimate of drug-likeness (QED) is 0.135. The molecule has 1 aromatic heterocycles. The zero-order valence-corrected chi connectivity index (χ0v) is 34.3. The number of alkyl carbamates (subject to hydrolysis) is 1. The van der Waals surface area contributed by atoms with Crippen molar-refractivity contribution in [3.05, 3.63) is 95.1 Å². The van der Waals surface area contributed by atoms with Gasteiger partial charge in [-0.3, -0.25) is 20.0 Å². The maximum Gasteiger partial charge on any atom is 0.407 e. The van der Waals surface area contributed by atoms with Crippen molar-refractivity contribution in [2.45, 2.75) is 91.7 Å². The van der Waals surface area contributed by atoms with Crippen molar-refractivity contribution in [1.82, 2.24) is 35.9 Å². The molecular weight excluding hydrogens is 734 g/mol. The molecule has 3 aromatic rings. The molecule has 1 fully saturated rings. The number of hydrazine groups is 1. The maximum atomic E-state index is 14.9. The number of methoxy groups -OCH3 is 2. The van der Waals surface area contributed by atoms with E-state index in [0.717, 1.165) is 17.0 Å². The number of rotatable bonds is 18. The molecule has 2 heterocycles. The van der Waals surface area contributed by atoms with E-state index in [1.54, 1.807) is 36.6 Å². The van der Waals surface area contributed by atoms with Crippen LogP contribution < -0.4 is 20.8 Å². The first-order valence-electron chi connectivity index (χ1n) is 19.3. The number of ether oxygens (including phenoxy) is 2. The number of aliphatic hydroxyl groups excluding tert-OH is 1. The first kappa shape index (κ1) is 44.4. The van der Waals surface area contributed by atoms with E-state index in [4.69, 9.17) is 9.47 Å². The number of nitrogens with one attached hydrogen (secondary N) is 3. The first-order valence-corrected chi connectivity index (χ1v) is 19.3. The molecule has 310 valence electrons. The number of aromatic nitrogens is 1. The van der Waals surface area contributed by atoms with Gasteiger partial charge >= 0.3 is 12.1 Å². The topological polar surface area (TPSA) is 166 Å². The van der Waals surface area contributed by atoms with E-state index in [1.165, 1.54) is 31.4 Å². The molecule has 5 atom stereocenters. The third-order valence-corrected chi connectivity index (χ3v) is 10.1. The fraction of sp³-hybridized carbons (Fsp3) is 0.500. The van der Waals surface area contributed by atoms with Crippen LogP contribution >= 0.6 is 0 Å². The van der Waals surface area contributed by atoms with Crippen molar-refractivity contribution >= 4 is 23.9 Å². The molecule has 4 N–H and O–H groups in total. The van der Waals surface area contributed by atoms with Crippen molar-refractivity contribution in [3.63, 3.8) is 0 Å². The lowest BCUT2D eigenvalue weighted by Gasteiger charge is -2.36. The Morgan fingerprint density at radius 1 is 0.982 bits per heavy atom. The Bertz CT molecular complexity index is 1830. The summed E-state index contributed by atoms with van der Waals surface area (Å²) < 4.78 is 24.7. The van der Waals surface area contributed by atoms with Gasteiger partial charge in [-0.2, -0.15) is 0 Å². The largest absolute Gasteiger partial charge is 0.494 e. The summed E-state index contributed by atoms with van der Waals surface area (Å²) in [6.45, 7) is 11.9. The molecule has 57 heavy (non-hydrogen) atoms. The van der Waals surface area contributed by atoms with Crippen molar-refractivity contribution in [2.75, 3.05) is 33.9 Å². The molecule has 5 amide bonds. The molecule has 15 heteroatoms. The van der Waals surface area contributed by atoms with Gasteiger partial charge in [-0.25, -0.2) is 19.0 Å². The van der Waals surface area contributed by atoms with Gasteiger partial charge in [-0.15, -0.1) is 0 Å². The predicted octanol–water partition coefficient (Wildman–Crippen LogP) is 4.58. The number of amides is 5. The summed E-state index contributed by atoms with van der Waals surface area (Å²) in [6.07, 6.45) is -1.27. The fourth-order valence-electron chi connectivity index (χ4n) is 6.84. The Balaban J connectivity index is 1.63. The molecule has 4 rings (SSSR count). The van der Waals surface area contributed by atoms with E-state index in [9.17, 15) is 28.7 Å². The zero-order valence-electron chi connectivity index (χ0n) is 34.3. The second-order valence-corrected chi connectivity index (χ2v) is 15.6. The highest BCUT2D eigenvalue weighted by molar-refractivity contribution is 5.88. The molecule has 14 nitrogen and oxygen atoms in total. The van der Waals surface area contributed by atoms with Crippen LogP contribution in [0, 0.1) is 24.1 Å². The molecule has 0 spiro atoms. The van der Waals surface area contributed by atoms with Gasteiger partial charge in [-0.1, -0.05) is 83.5 Å². The molecule has 2 aromatic carbocycles. The van der Waals surface area contributed by atoms with E-state index >= 15 is 0 Å². The van der Waals surface area contributed by atoms with Gasteiger partial charge in [0.1, 0.15) is 12.1 Å². The lowest BCUT2D eigenvalue weighted by molar-refractivity contribution is -0.132. The van der Waals surface area contributed by atoms with Gasteiger partial charge in [-0.05, 0) is 60.1 Å². The molecule has 1 aliphatic rings. The average molecular weight is 792 g/mol. The van der Waals surface area contributed by atoms with E-state index < -0.39 is 53.4 Å². The molecular formula is C42H58FN7O7. The minimum Gasteiger partial charge on any atom is -0.494 e. The number of nitrogens with zero attached hydrogens (tertiary/aromatic N) is 4. The fourth-order valence-corrected chi connectivity index (χ4v) is 6.84. The van der Waals surface area contributed by atoms with E-state index in [1.807, 2.05) is 69.3 Å². The van der Waals surface area contributed by atoms with Crippen molar-refractivity contribution < 1.29 is 38.1 Å². The van der Waals surface area contributed by atoms with Gasteiger partial charge in [0.05, 0.1) is 38.6 Å². The summed E-state index contributed by atoms with van der Waals surface area (Å²) in [6, 6.07) is 16.3. The number of carbonyl (C=O) groups excluding carboxylic acids is 4. The number of carbonyl (C=O) groups is 4. The van der Waals surface area contributed by atoms with Gasteiger partial charge in [0, 0.05) is 31.9 Å². The third kappa shape index (κ3) is 12.4. The molecule has 5 unspecified atom stereocenters. The summed E-state index contributed by atoms with van der Waals surface area (Å²) in [7, 11) is 2.55. The summed E-state index contributed by atoms with van der Waals surface area (Å²) in [5.74, 6) is -1.82. The van der Waals surface area contributed by atoms with Crippen molar-refractivity contribution in [1.29, 1.82) is 0 Å². The second kappa shape index (κ2) is 20.2. The number of hydrogen-bond acceptors (Lipinski definition) is 9. The minimum absolute atomic E-state index is 0.0392. The van der Waals surface area contributed by atoms with Crippen molar-refractivity contribution in [2.24, 2.45) is 11.3 Å². The lowest BCUT2D eigenvalue weighted by Crippen LogP contribution is -2.60. The van der Waals surface area contributed by atoms with Crippen molar-refractivity contribution in [3.8, 4) is 5.75 Å². The summed E-state index contributed by atoms with van der Waals surface area (Å²) in [4.78, 5) is 62.2. The van der Waals surface area contributed by atoms with Crippen LogP contribution in [-0.4, -0.2) is 107 Å². The van der Waals surface area contributed by atoms with E-state index in [0.29, 0.717) is 31.6 Å².